The number of benzene rings is 1. The van der Waals surface area contributed by atoms with Crippen LogP contribution in [-0.2, 0) is 4.79 Å². The van der Waals surface area contributed by atoms with Crippen LogP contribution in [0.25, 0.3) is 0 Å². The minimum atomic E-state index is -1.49. The molecule has 1 atom stereocenters. The number of rotatable bonds is 3. The summed E-state index contributed by atoms with van der Waals surface area (Å²) in [7, 11) is 0. The van der Waals surface area contributed by atoms with E-state index in [1.165, 1.54) is 0 Å². The molecule has 1 unspecified atom stereocenters. The van der Waals surface area contributed by atoms with Crippen molar-refractivity contribution in [2.45, 2.75) is 12.8 Å². The average molecular weight is 231 g/mol. The Morgan fingerprint density at radius 2 is 2.06 bits per heavy atom. The molecule has 7 heteroatoms. The molecule has 0 heterocycles. The van der Waals surface area contributed by atoms with Crippen molar-refractivity contribution in [2.75, 3.05) is 0 Å². The average Bonchev–Trinajstić information content (AvgIpc) is 2.16. The molecule has 1 aromatic carbocycles. The normalized spacial score (nSPS) is 12.2. The summed E-state index contributed by atoms with van der Waals surface area (Å²) in [5.41, 5.74) is -1.74. The summed E-state index contributed by atoms with van der Waals surface area (Å²) in [6.45, 7) is 1.05. The second-order valence-corrected chi connectivity index (χ2v) is 3.11. The first-order chi connectivity index (χ1) is 7.36. The molecule has 0 aliphatic rings. The molecule has 0 aliphatic carbocycles. The van der Waals surface area contributed by atoms with E-state index in [1.807, 2.05) is 0 Å². The van der Waals surface area contributed by atoms with Gasteiger partial charge in [-0.1, -0.05) is 0 Å². The van der Waals surface area contributed by atoms with Gasteiger partial charge in [-0.3, -0.25) is 14.9 Å². The number of nitro groups is 1. The van der Waals surface area contributed by atoms with Gasteiger partial charge in [0.15, 0.2) is 0 Å². The maximum Gasteiger partial charge on any atom is 0.310 e. The lowest BCUT2D eigenvalue weighted by Gasteiger charge is -2.08. The van der Waals surface area contributed by atoms with Crippen LogP contribution >= 0.6 is 0 Å². The highest BCUT2D eigenvalue weighted by atomic mass is 19.1. The fourth-order valence-electron chi connectivity index (χ4n) is 1.22. The van der Waals surface area contributed by atoms with Crippen LogP contribution in [0, 0.1) is 21.7 Å². The topological polar surface area (TPSA) is 80.4 Å². The van der Waals surface area contributed by atoms with Crippen LogP contribution in [0.2, 0.25) is 0 Å². The van der Waals surface area contributed by atoms with E-state index in [0.717, 1.165) is 6.92 Å². The Balaban J connectivity index is 3.43. The van der Waals surface area contributed by atoms with E-state index in [-0.39, 0.29) is 0 Å². The third-order valence-corrected chi connectivity index (χ3v) is 2.11. The SMILES string of the molecule is CC(C(=O)O)c1c(F)ccc([N+](=O)[O-])c1F. The van der Waals surface area contributed by atoms with Crippen LogP contribution < -0.4 is 0 Å². The lowest BCUT2D eigenvalue weighted by molar-refractivity contribution is -0.387. The molecule has 86 valence electrons. The van der Waals surface area contributed by atoms with Gasteiger partial charge in [-0.2, -0.15) is 4.39 Å². The molecule has 5 nitrogen and oxygen atoms in total. The van der Waals surface area contributed by atoms with E-state index in [2.05, 4.69) is 0 Å². The summed E-state index contributed by atoms with van der Waals surface area (Å²) >= 11 is 0. The third kappa shape index (κ3) is 1.97. The highest BCUT2D eigenvalue weighted by Crippen LogP contribution is 2.28. The molecular weight excluding hydrogens is 224 g/mol. The van der Waals surface area contributed by atoms with E-state index in [9.17, 15) is 23.7 Å². The fourth-order valence-corrected chi connectivity index (χ4v) is 1.22. The second kappa shape index (κ2) is 4.21. The Morgan fingerprint density at radius 3 is 2.50 bits per heavy atom. The zero-order valence-electron chi connectivity index (χ0n) is 8.11. The van der Waals surface area contributed by atoms with Gasteiger partial charge in [0.05, 0.1) is 10.8 Å². The molecule has 0 spiro atoms. The van der Waals surface area contributed by atoms with Crippen molar-refractivity contribution in [3.05, 3.63) is 39.4 Å². The van der Waals surface area contributed by atoms with E-state index >= 15 is 0 Å². The first-order valence-corrected chi connectivity index (χ1v) is 4.21. The molecule has 0 radical (unpaired) electrons. The van der Waals surface area contributed by atoms with Crippen molar-refractivity contribution in [2.24, 2.45) is 0 Å². The number of nitro benzene ring substituents is 1. The Labute approximate surface area is 88.5 Å². The van der Waals surface area contributed by atoms with Gasteiger partial charge in [0.2, 0.25) is 5.82 Å². The summed E-state index contributed by atoms with van der Waals surface area (Å²) in [4.78, 5) is 19.9. The van der Waals surface area contributed by atoms with E-state index in [1.54, 1.807) is 0 Å². The first-order valence-electron chi connectivity index (χ1n) is 4.21. The lowest BCUT2D eigenvalue weighted by atomic mass is 9.99. The molecule has 0 bridgehead atoms. The third-order valence-electron chi connectivity index (χ3n) is 2.11. The zero-order chi connectivity index (χ0) is 12.5. The molecule has 1 N–H and O–H groups in total. The Kier molecular flexibility index (Phi) is 3.17. The number of hydrogen-bond acceptors (Lipinski definition) is 3. The fraction of sp³-hybridized carbons (Fsp3) is 0.222. The van der Waals surface area contributed by atoms with Gasteiger partial charge in [0.25, 0.3) is 0 Å². The van der Waals surface area contributed by atoms with Crippen molar-refractivity contribution in [1.82, 2.24) is 0 Å². The van der Waals surface area contributed by atoms with Gasteiger partial charge in [0.1, 0.15) is 5.82 Å². The van der Waals surface area contributed by atoms with Gasteiger partial charge < -0.3 is 5.11 Å². The minimum Gasteiger partial charge on any atom is -0.481 e. The van der Waals surface area contributed by atoms with Crippen LogP contribution in [0.5, 0.6) is 0 Å². The predicted molar refractivity (Wildman–Crippen MR) is 49.1 cm³/mol. The summed E-state index contributed by atoms with van der Waals surface area (Å²) in [6.07, 6.45) is 0. The molecule has 0 amide bonds. The van der Waals surface area contributed by atoms with Crippen LogP contribution in [0.4, 0.5) is 14.5 Å². The highest BCUT2D eigenvalue weighted by Gasteiger charge is 2.28. The largest absolute Gasteiger partial charge is 0.481 e. The summed E-state index contributed by atoms with van der Waals surface area (Å²) in [6, 6.07) is 1.33. The zero-order valence-corrected chi connectivity index (χ0v) is 8.11. The lowest BCUT2D eigenvalue weighted by Crippen LogP contribution is -2.12. The summed E-state index contributed by atoms with van der Waals surface area (Å²) < 4.78 is 26.6. The van der Waals surface area contributed by atoms with Gasteiger partial charge in [0, 0.05) is 11.6 Å². The second-order valence-electron chi connectivity index (χ2n) is 3.11. The Hall–Kier alpha value is -2.05. The van der Waals surface area contributed by atoms with Gasteiger partial charge in [-0.05, 0) is 13.0 Å². The molecule has 0 saturated carbocycles. The maximum absolute atomic E-state index is 13.4. The van der Waals surface area contributed by atoms with E-state index in [0.29, 0.717) is 12.1 Å². The smallest absolute Gasteiger partial charge is 0.310 e. The molecule has 16 heavy (non-hydrogen) atoms. The van der Waals surface area contributed by atoms with Crippen molar-refractivity contribution in [3.63, 3.8) is 0 Å². The number of halogens is 2. The molecule has 0 aromatic heterocycles. The van der Waals surface area contributed by atoms with Crippen LogP contribution in [0.15, 0.2) is 12.1 Å². The van der Waals surface area contributed by atoms with Crippen molar-refractivity contribution >= 4 is 11.7 Å². The first kappa shape index (κ1) is 12.0. The van der Waals surface area contributed by atoms with Crippen molar-refractivity contribution in [1.29, 1.82) is 0 Å². The molecule has 0 fully saturated rings. The summed E-state index contributed by atoms with van der Waals surface area (Å²) in [5.74, 6) is -5.50. The van der Waals surface area contributed by atoms with E-state index < -0.39 is 39.7 Å². The summed E-state index contributed by atoms with van der Waals surface area (Å²) in [5, 5.41) is 19.0. The molecule has 0 aliphatic heterocycles. The minimum absolute atomic E-state index is 0.655. The van der Waals surface area contributed by atoms with Crippen LogP contribution in [0.1, 0.15) is 18.4 Å². The Morgan fingerprint density at radius 1 is 1.50 bits per heavy atom. The highest BCUT2D eigenvalue weighted by molar-refractivity contribution is 5.76. The monoisotopic (exact) mass is 231 g/mol. The number of carbonyl (C=O) groups is 1. The van der Waals surface area contributed by atoms with Gasteiger partial charge in [-0.15, -0.1) is 0 Å². The number of aliphatic carboxylic acids is 1. The van der Waals surface area contributed by atoms with Gasteiger partial charge >= 0.3 is 11.7 Å². The number of nitrogens with zero attached hydrogens (tertiary/aromatic N) is 1. The molecule has 1 aromatic rings. The number of carboxylic acids is 1. The molecular formula is C9H7F2NO4. The molecule has 1 rings (SSSR count). The predicted octanol–water partition coefficient (Wildman–Crippen LogP) is 2.06. The quantitative estimate of drug-likeness (QED) is 0.637. The molecule has 0 saturated heterocycles. The van der Waals surface area contributed by atoms with Crippen LogP contribution in [-0.4, -0.2) is 16.0 Å². The Bertz CT molecular complexity index is 461. The standard InChI is InChI=1S/C9H7F2NO4/c1-4(9(13)14)7-5(10)2-3-6(8(7)11)12(15)16/h2-4H,1H3,(H,13,14). The van der Waals surface area contributed by atoms with Gasteiger partial charge in [-0.25, -0.2) is 4.39 Å². The van der Waals surface area contributed by atoms with Crippen LogP contribution in [0.3, 0.4) is 0 Å². The van der Waals surface area contributed by atoms with Crippen molar-refractivity contribution < 1.29 is 23.6 Å². The maximum atomic E-state index is 13.4. The number of hydrogen-bond donors (Lipinski definition) is 1. The van der Waals surface area contributed by atoms with Crippen molar-refractivity contribution in [3.8, 4) is 0 Å². The number of carboxylic acid groups (broad SMARTS) is 1. The van der Waals surface area contributed by atoms with E-state index in [4.69, 9.17) is 5.11 Å².